The van der Waals surface area contributed by atoms with Gasteiger partial charge in [-0.1, -0.05) is 12.1 Å². The van der Waals surface area contributed by atoms with Gasteiger partial charge in [0.2, 0.25) is 0 Å². The molecule has 0 bridgehead atoms. The SMILES string of the molecule is O=C(O)CC1CCN(C(=O)Nc2ccccc2Br)CC1. The summed E-state index contributed by atoms with van der Waals surface area (Å²) in [7, 11) is 0. The molecule has 0 aromatic heterocycles. The first kappa shape index (κ1) is 14.8. The number of rotatable bonds is 3. The highest BCUT2D eigenvalue weighted by Crippen LogP contribution is 2.24. The number of carbonyl (C=O) groups is 2. The Balaban J connectivity index is 1.86. The number of nitrogens with zero attached hydrogens (tertiary/aromatic N) is 1. The van der Waals surface area contributed by atoms with Gasteiger partial charge in [-0.2, -0.15) is 0 Å². The fraction of sp³-hybridized carbons (Fsp3) is 0.429. The molecule has 2 rings (SSSR count). The lowest BCUT2D eigenvalue weighted by Gasteiger charge is -2.31. The van der Waals surface area contributed by atoms with Crippen molar-refractivity contribution in [3.8, 4) is 0 Å². The lowest BCUT2D eigenvalue weighted by Crippen LogP contribution is -2.41. The summed E-state index contributed by atoms with van der Waals surface area (Å²) in [6.07, 6.45) is 1.69. The standard InChI is InChI=1S/C14H17BrN2O3/c15-11-3-1-2-4-12(11)16-14(20)17-7-5-10(6-8-17)9-13(18)19/h1-4,10H,5-9H2,(H,16,20)(H,18,19). The summed E-state index contributed by atoms with van der Waals surface area (Å²) in [5, 5.41) is 11.6. The molecule has 1 aromatic rings. The van der Waals surface area contributed by atoms with Gasteiger partial charge in [-0.15, -0.1) is 0 Å². The van der Waals surface area contributed by atoms with E-state index in [0.29, 0.717) is 13.1 Å². The fourth-order valence-corrected chi connectivity index (χ4v) is 2.73. The smallest absolute Gasteiger partial charge is 0.321 e. The predicted octanol–water partition coefficient (Wildman–Crippen LogP) is 3.17. The number of carbonyl (C=O) groups excluding carboxylic acids is 1. The molecule has 1 aliphatic heterocycles. The lowest BCUT2D eigenvalue weighted by atomic mass is 9.94. The van der Waals surface area contributed by atoms with E-state index in [1.165, 1.54) is 0 Å². The molecule has 2 N–H and O–H groups in total. The maximum atomic E-state index is 12.1. The van der Waals surface area contributed by atoms with E-state index < -0.39 is 5.97 Å². The van der Waals surface area contributed by atoms with E-state index in [1.807, 2.05) is 24.3 Å². The summed E-state index contributed by atoms with van der Waals surface area (Å²) < 4.78 is 0.842. The fourth-order valence-electron chi connectivity index (χ4n) is 2.34. The number of benzene rings is 1. The molecule has 6 heteroatoms. The zero-order valence-electron chi connectivity index (χ0n) is 11.0. The number of para-hydroxylation sites is 1. The third kappa shape index (κ3) is 3.96. The van der Waals surface area contributed by atoms with Gasteiger partial charge >= 0.3 is 12.0 Å². The number of urea groups is 1. The molecular weight excluding hydrogens is 324 g/mol. The lowest BCUT2D eigenvalue weighted by molar-refractivity contribution is -0.138. The number of halogens is 1. The molecule has 5 nitrogen and oxygen atoms in total. The molecule has 1 saturated heterocycles. The van der Waals surface area contributed by atoms with E-state index in [4.69, 9.17) is 5.11 Å². The number of hydrogen-bond acceptors (Lipinski definition) is 2. The zero-order chi connectivity index (χ0) is 14.5. The van der Waals surface area contributed by atoms with Crippen LogP contribution in [0.2, 0.25) is 0 Å². The number of amides is 2. The van der Waals surface area contributed by atoms with E-state index in [2.05, 4.69) is 21.2 Å². The van der Waals surface area contributed by atoms with Crippen LogP contribution in [0.15, 0.2) is 28.7 Å². The second-order valence-corrected chi connectivity index (χ2v) is 5.79. The molecule has 108 valence electrons. The Morgan fingerprint density at radius 3 is 2.55 bits per heavy atom. The van der Waals surface area contributed by atoms with Crippen LogP contribution in [0.5, 0.6) is 0 Å². The number of piperidine rings is 1. The molecule has 20 heavy (non-hydrogen) atoms. The second kappa shape index (κ2) is 6.74. The minimum absolute atomic E-state index is 0.134. The highest BCUT2D eigenvalue weighted by Gasteiger charge is 2.24. The van der Waals surface area contributed by atoms with Gasteiger partial charge < -0.3 is 15.3 Å². The van der Waals surface area contributed by atoms with Crippen molar-refractivity contribution in [2.24, 2.45) is 5.92 Å². The molecule has 0 radical (unpaired) electrons. The van der Waals surface area contributed by atoms with Gasteiger partial charge in [-0.05, 0) is 46.8 Å². The number of likely N-dealkylation sites (tertiary alicyclic amines) is 1. The van der Waals surface area contributed by atoms with Crippen molar-refractivity contribution < 1.29 is 14.7 Å². The summed E-state index contributed by atoms with van der Waals surface area (Å²) in [5.74, 6) is -0.582. The average molecular weight is 341 g/mol. The van der Waals surface area contributed by atoms with Gasteiger partial charge in [0.15, 0.2) is 0 Å². The Bertz CT molecular complexity index is 499. The minimum Gasteiger partial charge on any atom is -0.481 e. The van der Waals surface area contributed by atoms with E-state index >= 15 is 0 Å². The van der Waals surface area contributed by atoms with Crippen LogP contribution in [0, 0.1) is 5.92 Å². The Morgan fingerprint density at radius 2 is 1.95 bits per heavy atom. The zero-order valence-corrected chi connectivity index (χ0v) is 12.6. The van der Waals surface area contributed by atoms with Crippen molar-refractivity contribution in [1.82, 2.24) is 4.90 Å². The molecule has 1 aliphatic rings. The molecule has 0 saturated carbocycles. The number of anilines is 1. The van der Waals surface area contributed by atoms with Crippen molar-refractivity contribution in [2.45, 2.75) is 19.3 Å². The summed E-state index contributed by atoms with van der Waals surface area (Å²) in [6.45, 7) is 1.21. The molecule has 1 fully saturated rings. The van der Waals surface area contributed by atoms with Crippen LogP contribution in [-0.2, 0) is 4.79 Å². The van der Waals surface area contributed by atoms with Gasteiger partial charge in [0, 0.05) is 24.0 Å². The largest absolute Gasteiger partial charge is 0.481 e. The number of aliphatic carboxylic acids is 1. The van der Waals surface area contributed by atoms with Gasteiger partial charge in [0.1, 0.15) is 0 Å². The predicted molar refractivity (Wildman–Crippen MR) is 79.7 cm³/mol. The van der Waals surface area contributed by atoms with E-state index in [-0.39, 0.29) is 18.4 Å². The van der Waals surface area contributed by atoms with E-state index in [0.717, 1.165) is 23.0 Å². The van der Waals surface area contributed by atoms with Crippen molar-refractivity contribution in [2.75, 3.05) is 18.4 Å². The van der Waals surface area contributed by atoms with E-state index in [9.17, 15) is 9.59 Å². The monoisotopic (exact) mass is 340 g/mol. The quantitative estimate of drug-likeness (QED) is 0.887. The van der Waals surface area contributed by atoms with Crippen LogP contribution in [-0.4, -0.2) is 35.1 Å². The normalized spacial score (nSPS) is 15.9. The van der Waals surface area contributed by atoms with Crippen LogP contribution >= 0.6 is 15.9 Å². The highest BCUT2D eigenvalue weighted by atomic mass is 79.9. The van der Waals surface area contributed by atoms with Crippen LogP contribution in [0.1, 0.15) is 19.3 Å². The molecule has 0 unspecified atom stereocenters. The van der Waals surface area contributed by atoms with Gasteiger partial charge in [0.25, 0.3) is 0 Å². The van der Waals surface area contributed by atoms with Gasteiger partial charge in [-0.25, -0.2) is 4.79 Å². The molecule has 2 amide bonds. The Labute approximate surface area is 126 Å². The van der Waals surface area contributed by atoms with Crippen LogP contribution in [0.3, 0.4) is 0 Å². The highest BCUT2D eigenvalue weighted by molar-refractivity contribution is 9.10. The third-order valence-electron chi connectivity index (χ3n) is 3.48. The van der Waals surface area contributed by atoms with Crippen LogP contribution in [0.4, 0.5) is 10.5 Å². The maximum Gasteiger partial charge on any atom is 0.321 e. The first-order valence-corrected chi connectivity index (χ1v) is 7.38. The van der Waals surface area contributed by atoms with Crippen molar-refractivity contribution in [3.63, 3.8) is 0 Å². The first-order valence-electron chi connectivity index (χ1n) is 6.58. The number of hydrogen-bond donors (Lipinski definition) is 2. The van der Waals surface area contributed by atoms with Crippen molar-refractivity contribution in [1.29, 1.82) is 0 Å². The van der Waals surface area contributed by atoms with Gasteiger partial charge in [-0.3, -0.25) is 4.79 Å². The summed E-state index contributed by atoms with van der Waals surface area (Å²) in [4.78, 5) is 24.5. The van der Waals surface area contributed by atoms with E-state index in [1.54, 1.807) is 4.90 Å². The van der Waals surface area contributed by atoms with Crippen LogP contribution < -0.4 is 5.32 Å². The molecule has 0 spiro atoms. The Morgan fingerprint density at radius 1 is 1.30 bits per heavy atom. The van der Waals surface area contributed by atoms with Crippen LogP contribution in [0.25, 0.3) is 0 Å². The van der Waals surface area contributed by atoms with Crippen molar-refractivity contribution in [3.05, 3.63) is 28.7 Å². The summed E-state index contributed by atoms with van der Waals surface area (Å²) in [6, 6.07) is 7.32. The molecule has 0 atom stereocenters. The molecule has 0 aliphatic carbocycles. The summed E-state index contributed by atoms with van der Waals surface area (Å²) >= 11 is 3.39. The number of nitrogens with one attached hydrogen (secondary N) is 1. The molecule has 1 heterocycles. The molecular formula is C14H17BrN2O3. The maximum absolute atomic E-state index is 12.1. The topological polar surface area (TPSA) is 69.6 Å². The summed E-state index contributed by atoms with van der Waals surface area (Å²) in [5.41, 5.74) is 0.741. The minimum atomic E-state index is -0.763. The Hall–Kier alpha value is -1.56. The van der Waals surface area contributed by atoms with Gasteiger partial charge in [0.05, 0.1) is 5.69 Å². The third-order valence-corrected chi connectivity index (χ3v) is 4.17. The average Bonchev–Trinajstić information content (AvgIpc) is 2.41. The Kier molecular flexibility index (Phi) is 5.00. The number of carboxylic acid groups (broad SMARTS) is 1. The second-order valence-electron chi connectivity index (χ2n) is 4.94. The van der Waals surface area contributed by atoms with Crippen molar-refractivity contribution >= 4 is 33.6 Å². The molecule has 1 aromatic carbocycles. The first-order chi connectivity index (χ1) is 9.56. The number of carboxylic acids is 1.